The lowest BCUT2D eigenvalue weighted by atomic mass is 9.96. The van der Waals surface area contributed by atoms with Gasteiger partial charge in [0.05, 0.1) is 17.3 Å². The Morgan fingerprint density at radius 2 is 1.80 bits per heavy atom. The second-order valence-corrected chi connectivity index (χ2v) is 11.3. The van der Waals surface area contributed by atoms with Crippen LogP contribution in [0.1, 0.15) is 41.3 Å². The van der Waals surface area contributed by atoms with Gasteiger partial charge in [-0.2, -0.15) is 0 Å². The number of carbonyl (C=O) groups excluding carboxylic acids is 2. The summed E-state index contributed by atoms with van der Waals surface area (Å²) in [4.78, 5) is 54.1. The van der Waals surface area contributed by atoms with E-state index < -0.39 is 17.2 Å². The number of rotatable bonds is 10. The molecule has 2 amide bonds. The van der Waals surface area contributed by atoms with E-state index in [0.29, 0.717) is 54.0 Å². The number of anilines is 1. The van der Waals surface area contributed by atoms with Crippen LogP contribution in [0.15, 0.2) is 64.3 Å². The first-order valence-electron chi connectivity index (χ1n) is 14.7. The molecule has 1 fully saturated rings. The van der Waals surface area contributed by atoms with Crippen molar-refractivity contribution < 1.29 is 14.3 Å². The van der Waals surface area contributed by atoms with E-state index in [0.717, 1.165) is 33.2 Å². The number of pyridine rings is 1. The maximum atomic E-state index is 13.1. The van der Waals surface area contributed by atoms with E-state index in [1.165, 1.54) is 24.9 Å². The van der Waals surface area contributed by atoms with Gasteiger partial charge in [0, 0.05) is 68.2 Å². The second kappa shape index (κ2) is 13.5. The van der Waals surface area contributed by atoms with Crippen molar-refractivity contribution in [2.75, 3.05) is 18.5 Å². The molecule has 0 spiro atoms. The van der Waals surface area contributed by atoms with Gasteiger partial charge < -0.3 is 25.3 Å². The van der Waals surface area contributed by atoms with Crippen molar-refractivity contribution in [1.82, 2.24) is 24.8 Å². The van der Waals surface area contributed by atoms with Gasteiger partial charge >= 0.3 is 5.69 Å². The molecule has 2 aromatic carbocycles. The first-order chi connectivity index (χ1) is 21.6. The van der Waals surface area contributed by atoms with Crippen molar-refractivity contribution in [2.24, 2.45) is 14.1 Å². The smallest absolute Gasteiger partial charge is 0.330 e. The topological polar surface area (TPSA) is 136 Å². The molecule has 1 aliphatic rings. The van der Waals surface area contributed by atoms with Crippen molar-refractivity contribution in [3.05, 3.63) is 97.3 Å². The maximum Gasteiger partial charge on any atom is 0.330 e. The number of aryl methyl sites for hydroxylation is 1. The van der Waals surface area contributed by atoms with E-state index in [4.69, 9.17) is 21.3 Å². The predicted octanol–water partition coefficient (Wildman–Crippen LogP) is 3.79. The number of ether oxygens (including phenoxy) is 1. The molecule has 11 nitrogen and oxygen atoms in total. The third-order valence-electron chi connectivity index (χ3n) is 7.85. The van der Waals surface area contributed by atoms with Crippen LogP contribution in [0.4, 0.5) is 5.69 Å². The number of aromatic nitrogens is 3. The summed E-state index contributed by atoms with van der Waals surface area (Å²) in [6.07, 6.45) is 2.61. The van der Waals surface area contributed by atoms with Crippen LogP contribution >= 0.6 is 11.6 Å². The van der Waals surface area contributed by atoms with Gasteiger partial charge in [0.25, 0.3) is 11.5 Å². The van der Waals surface area contributed by atoms with Crippen molar-refractivity contribution in [1.29, 1.82) is 0 Å². The number of benzene rings is 2. The number of halogens is 1. The molecule has 0 saturated carbocycles. The summed E-state index contributed by atoms with van der Waals surface area (Å²) >= 11 is 7.02. The van der Waals surface area contributed by atoms with E-state index >= 15 is 0 Å². The van der Waals surface area contributed by atoms with Crippen molar-refractivity contribution in [3.8, 4) is 28.3 Å². The first-order valence-corrected chi connectivity index (χ1v) is 15.1. The van der Waals surface area contributed by atoms with Crippen LogP contribution in [-0.2, 0) is 25.4 Å². The van der Waals surface area contributed by atoms with Crippen LogP contribution in [0, 0.1) is 6.92 Å². The normalized spacial score (nSPS) is 14.3. The lowest BCUT2D eigenvalue weighted by Gasteiger charge is -2.17. The largest absolute Gasteiger partial charge is 0.478 e. The fourth-order valence-corrected chi connectivity index (χ4v) is 5.71. The highest BCUT2D eigenvalue weighted by molar-refractivity contribution is 6.36. The molecular formula is C33H35ClN6O5. The molecular weight excluding hydrogens is 596 g/mol. The molecule has 5 rings (SSSR count). The molecule has 4 aromatic rings. The Morgan fingerprint density at radius 1 is 1.07 bits per heavy atom. The minimum atomic E-state index is -0.678. The van der Waals surface area contributed by atoms with Gasteiger partial charge in [-0.1, -0.05) is 48.0 Å². The predicted molar refractivity (Wildman–Crippen MR) is 174 cm³/mol. The van der Waals surface area contributed by atoms with Crippen LogP contribution in [0.3, 0.4) is 0 Å². The average molecular weight is 631 g/mol. The number of hydrogen-bond donors (Lipinski definition) is 3. The van der Waals surface area contributed by atoms with E-state index in [2.05, 4.69) is 16.0 Å². The molecule has 234 valence electrons. The van der Waals surface area contributed by atoms with Crippen LogP contribution < -0.4 is 31.9 Å². The van der Waals surface area contributed by atoms with Crippen LogP contribution in [0.25, 0.3) is 22.4 Å². The van der Waals surface area contributed by atoms with Crippen molar-refractivity contribution in [3.63, 3.8) is 0 Å². The lowest BCUT2D eigenvalue weighted by Crippen LogP contribution is -2.40. The van der Waals surface area contributed by atoms with E-state index in [-0.39, 0.29) is 17.5 Å². The molecule has 1 saturated heterocycles. The summed E-state index contributed by atoms with van der Waals surface area (Å²) in [5.41, 5.74) is 3.68. The van der Waals surface area contributed by atoms with Gasteiger partial charge in [0.2, 0.25) is 11.8 Å². The molecule has 45 heavy (non-hydrogen) atoms. The highest BCUT2D eigenvalue weighted by atomic mass is 35.5. The zero-order valence-corrected chi connectivity index (χ0v) is 26.3. The Balaban J connectivity index is 1.41. The Kier molecular flexibility index (Phi) is 9.50. The molecule has 0 aliphatic carbocycles. The van der Waals surface area contributed by atoms with Crippen LogP contribution in [0.5, 0.6) is 5.88 Å². The van der Waals surface area contributed by atoms with Crippen LogP contribution in [0.2, 0.25) is 5.02 Å². The maximum absolute atomic E-state index is 13.1. The summed E-state index contributed by atoms with van der Waals surface area (Å²) < 4.78 is 7.97. The second-order valence-electron chi connectivity index (χ2n) is 10.9. The fourth-order valence-electron chi connectivity index (χ4n) is 5.38. The number of amides is 2. The summed E-state index contributed by atoms with van der Waals surface area (Å²) in [6.45, 7) is 5.40. The molecule has 12 heteroatoms. The zero-order chi connectivity index (χ0) is 32.2. The standard InChI is InChI=1S/C33H35ClN6O5/c1-5-45-31-20(16-35-17-21-13-15-28(41)36-21)12-14-27(38-31)24-10-6-9-23(29(24)34)22-8-7-11-26(19(22)2)37-30(42)25-18-39(3)33(44)40(4)32(25)43/h6-12,14,18,21,35H,5,13,15-17H2,1-4H3,(H,36,41)(H,37,42). The molecule has 3 heterocycles. The van der Waals surface area contributed by atoms with Gasteiger partial charge in [-0.05, 0) is 43.5 Å². The molecule has 1 aliphatic heterocycles. The Morgan fingerprint density at radius 3 is 2.53 bits per heavy atom. The highest BCUT2D eigenvalue weighted by Gasteiger charge is 2.21. The van der Waals surface area contributed by atoms with Gasteiger partial charge in [0.1, 0.15) is 5.56 Å². The third kappa shape index (κ3) is 6.69. The van der Waals surface area contributed by atoms with Crippen molar-refractivity contribution >= 4 is 29.1 Å². The third-order valence-corrected chi connectivity index (χ3v) is 8.26. The first kappa shape index (κ1) is 31.7. The molecule has 3 N–H and O–H groups in total. The highest BCUT2D eigenvalue weighted by Crippen LogP contribution is 2.39. The molecule has 1 atom stereocenters. The summed E-state index contributed by atoms with van der Waals surface area (Å²) in [5, 5.41) is 9.64. The van der Waals surface area contributed by atoms with E-state index in [1.807, 2.05) is 50.2 Å². The average Bonchev–Trinajstić information content (AvgIpc) is 3.44. The lowest BCUT2D eigenvalue weighted by molar-refractivity contribution is -0.119. The van der Waals surface area contributed by atoms with E-state index in [1.54, 1.807) is 12.1 Å². The Labute approximate surface area is 265 Å². The number of nitrogens with one attached hydrogen (secondary N) is 3. The monoisotopic (exact) mass is 630 g/mol. The zero-order valence-electron chi connectivity index (χ0n) is 25.6. The number of carbonyl (C=O) groups is 2. The molecule has 0 bridgehead atoms. The molecule has 0 radical (unpaired) electrons. The van der Waals surface area contributed by atoms with Gasteiger partial charge in [-0.3, -0.25) is 19.0 Å². The molecule has 2 aromatic heterocycles. The number of hydrogen-bond acceptors (Lipinski definition) is 7. The molecule has 1 unspecified atom stereocenters. The number of nitrogens with zero attached hydrogens (tertiary/aromatic N) is 3. The fraction of sp³-hybridized carbons (Fsp3) is 0.303. The minimum absolute atomic E-state index is 0.0852. The van der Waals surface area contributed by atoms with Gasteiger partial charge in [-0.25, -0.2) is 9.78 Å². The summed E-state index contributed by atoms with van der Waals surface area (Å²) in [5.74, 6) is -0.0339. The quantitative estimate of drug-likeness (QED) is 0.243. The van der Waals surface area contributed by atoms with Crippen molar-refractivity contribution in [2.45, 2.75) is 39.3 Å². The summed E-state index contributed by atoms with van der Waals surface area (Å²) in [7, 11) is 2.81. The van der Waals surface area contributed by atoms with Gasteiger partial charge in [0.15, 0.2) is 0 Å². The Hall–Kier alpha value is -4.74. The van der Waals surface area contributed by atoms with Gasteiger partial charge in [-0.15, -0.1) is 0 Å². The minimum Gasteiger partial charge on any atom is -0.478 e. The SMILES string of the molecule is CCOc1nc(-c2cccc(-c3cccc(NC(=O)c4cn(C)c(=O)n(C)c4=O)c3C)c2Cl)ccc1CNCC1CCC(=O)N1. The van der Waals surface area contributed by atoms with E-state index in [9.17, 15) is 19.2 Å². The van der Waals surface area contributed by atoms with Crippen LogP contribution in [-0.4, -0.2) is 45.1 Å². The summed E-state index contributed by atoms with van der Waals surface area (Å²) in [6, 6.07) is 15.1. The Bertz CT molecular complexity index is 1900.